The minimum Gasteiger partial charge on any atom is -0.348 e. The molecule has 0 aliphatic carbocycles. The Labute approximate surface area is 164 Å². The summed E-state index contributed by atoms with van der Waals surface area (Å²) >= 11 is 5.95. The minimum atomic E-state index is -0.277. The number of aromatic nitrogens is 3. The van der Waals surface area contributed by atoms with Crippen molar-refractivity contribution in [2.45, 2.75) is 40.7 Å². The molecule has 0 aliphatic heterocycles. The van der Waals surface area contributed by atoms with Gasteiger partial charge in [-0.25, -0.2) is 0 Å². The number of benzene rings is 1. The predicted octanol–water partition coefficient (Wildman–Crippen LogP) is 5.03. The third-order valence-corrected chi connectivity index (χ3v) is 3.69. The number of nitrogens with one attached hydrogen (secondary N) is 2. The summed E-state index contributed by atoms with van der Waals surface area (Å²) in [7, 11) is 0. The van der Waals surface area contributed by atoms with Crippen molar-refractivity contribution in [1.29, 1.82) is 0 Å². The van der Waals surface area contributed by atoms with E-state index < -0.39 is 0 Å². The van der Waals surface area contributed by atoms with Gasteiger partial charge in [-0.2, -0.15) is 15.0 Å². The van der Waals surface area contributed by atoms with Gasteiger partial charge < -0.3 is 5.32 Å². The average Bonchev–Trinajstić information content (AvgIpc) is 2.53. The van der Waals surface area contributed by atoms with Crippen molar-refractivity contribution in [3.63, 3.8) is 0 Å². The number of hydrogen-bond acceptors (Lipinski definition) is 5. The highest BCUT2D eigenvalue weighted by molar-refractivity contribution is 6.30. The zero-order valence-corrected chi connectivity index (χ0v) is 16.9. The molecule has 0 spiro atoms. The molecule has 1 atom stereocenters. The van der Waals surface area contributed by atoms with Crippen LogP contribution in [0.4, 0.5) is 11.9 Å². The van der Waals surface area contributed by atoms with E-state index in [0.717, 1.165) is 16.7 Å². The highest BCUT2D eigenvalue weighted by atomic mass is 35.5. The Kier molecular flexibility index (Phi) is 7.07. The SMILES string of the molecule is CC(C)=CC(=O)Nc1nc(C=C(C)C)nc(NC(C)c2ccc(Cl)cc2)n1. The summed E-state index contributed by atoms with van der Waals surface area (Å²) in [5.41, 5.74) is 2.97. The Balaban J connectivity index is 2.29. The van der Waals surface area contributed by atoms with E-state index in [-0.39, 0.29) is 17.9 Å². The van der Waals surface area contributed by atoms with Gasteiger partial charge in [-0.1, -0.05) is 34.9 Å². The lowest BCUT2D eigenvalue weighted by Crippen LogP contribution is -2.16. The molecule has 1 unspecified atom stereocenters. The summed E-state index contributed by atoms with van der Waals surface area (Å²) in [4.78, 5) is 25.0. The highest BCUT2D eigenvalue weighted by Gasteiger charge is 2.11. The number of amides is 1. The summed E-state index contributed by atoms with van der Waals surface area (Å²) in [6.45, 7) is 9.60. The summed E-state index contributed by atoms with van der Waals surface area (Å²) in [5.74, 6) is 0.780. The first-order chi connectivity index (χ1) is 12.7. The molecule has 0 saturated carbocycles. The molecule has 2 aromatic rings. The molecule has 0 radical (unpaired) electrons. The molecule has 0 saturated heterocycles. The zero-order valence-electron chi connectivity index (χ0n) is 16.2. The number of rotatable bonds is 6. The van der Waals surface area contributed by atoms with Crippen LogP contribution >= 0.6 is 11.6 Å². The van der Waals surface area contributed by atoms with Crippen LogP contribution in [0.2, 0.25) is 5.02 Å². The van der Waals surface area contributed by atoms with Crippen LogP contribution < -0.4 is 10.6 Å². The molecule has 0 bridgehead atoms. The van der Waals surface area contributed by atoms with Crippen molar-refractivity contribution in [2.24, 2.45) is 0 Å². The van der Waals surface area contributed by atoms with Gasteiger partial charge in [0.05, 0.1) is 6.04 Å². The molecule has 2 N–H and O–H groups in total. The van der Waals surface area contributed by atoms with Gasteiger partial charge in [0.25, 0.3) is 5.91 Å². The fourth-order valence-electron chi connectivity index (χ4n) is 2.27. The Morgan fingerprint density at radius 1 is 1.00 bits per heavy atom. The van der Waals surface area contributed by atoms with E-state index in [1.165, 1.54) is 6.08 Å². The highest BCUT2D eigenvalue weighted by Crippen LogP contribution is 2.20. The summed E-state index contributed by atoms with van der Waals surface area (Å²) in [6.07, 6.45) is 3.32. The average molecular weight is 386 g/mol. The molecule has 1 amide bonds. The van der Waals surface area contributed by atoms with Crippen molar-refractivity contribution in [2.75, 3.05) is 10.6 Å². The van der Waals surface area contributed by atoms with Gasteiger partial charge in [0, 0.05) is 11.1 Å². The molecule has 27 heavy (non-hydrogen) atoms. The maximum absolute atomic E-state index is 12.0. The van der Waals surface area contributed by atoms with E-state index in [1.807, 2.05) is 65.0 Å². The molecular weight excluding hydrogens is 362 g/mol. The van der Waals surface area contributed by atoms with Crippen LogP contribution in [0.15, 0.2) is 41.5 Å². The lowest BCUT2D eigenvalue weighted by Gasteiger charge is -2.15. The molecule has 1 aromatic heterocycles. The fourth-order valence-corrected chi connectivity index (χ4v) is 2.40. The van der Waals surface area contributed by atoms with Gasteiger partial charge in [0.2, 0.25) is 11.9 Å². The van der Waals surface area contributed by atoms with E-state index in [9.17, 15) is 4.79 Å². The van der Waals surface area contributed by atoms with Gasteiger partial charge in [0.1, 0.15) is 0 Å². The van der Waals surface area contributed by atoms with Crippen LogP contribution in [-0.2, 0) is 4.79 Å². The number of anilines is 2. The monoisotopic (exact) mass is 385 g/mol. The number of nitrogens with zero attached hydrogens (tertiary/aromatic N) is 3. The number of halogens is 1. The van der Waals surface area contributed by atoms with E-state index in [2.05, 4.69) is 25.6 Å². The quantitative estimate of drug-likeness (QED) is 0.682. The third kappa shape index (κ3) is 6.83. The fraction of sp³-hybridized carbons (Fsp3) is 0.300. The maximum Gasteiger partial charge on any atom is 0.250 e. The number of allylic oxidation sites excluding steroid dienone is 2. The first-order valence-corrected chi connectivity index (χ1v) is 8.99. The van der Waals surface area contributed by atoms with Crippen LogP contribution in [0.25, 0.3) is 6.08 Å². The largest absolute Gasteiger partial charge is 0.348 e. The molecule has 1 heterocycles. The van der Waals surface area contributed by atoms with Crippen LogP contribution in [-0.4, -0.2) is 20.9 Å². The van der Waals surface area contributed by atoms with Crippen molar-refractivity contribution in [3.05, 3.63) is 57.9 Å². The molecule has 2 rings (SSSR count). The maximum atomic E-state index is 12.0. The van der Waals surface area contributed by atoms with E-state index in [4.69, 9.17) is 11.6 Å². The van der Waals surface area contributed by atoms with Crippen molar-refractivity contribution >= 4 is 35.5 Å². The Hall–Kier alpha value is -2.73. The Morgan fingerprint density at radius 3 is 2.22 bits per heavy atom. The number of carbonyl (C=O) groups excluding carboxylic acids is 1. The number of carbonyl (C=O) groups is 1. The van der Waals surface area contributed by atoms with Gasteiger partial charge in [-0.3, -0.25) is 10.1 Å². The van der Waals surface area contributed by atoms with Crippen molar-refractivity contribution < 1.29 is 4.79 Å². The lowest BCUT2D eigenvalue weighted by atomic mass is 10.1. The van der Waals surface area contributed by atoms with Gasteiger partial charge in [-0.15, -0.1) is 0 Å². The molecule has 0 aliphatic rings. The molecule has 0 fully saturated rings. The Morgan fingerprint density at radius 2 is 1.63 bits per heavy atom. The predicted molar refractivity (Wildman–Crippen MR) is 111 cm³/mol. The molecule has 142 valence electrons. The standard InChI is InChI=1S/C20H24ClN5O/c1-12(2)10-17-23-19(22-14(5)15-6-8-16(21)9-7-15)26-20(24-17)25-18(27)11-13(3)4/h6-11,14H,1-5H3,(H2,22,23,24,25,26,27). The van der Waals surface area contributed by atoms with Crippen molar-refractivity contribution in [1.82, 2.24) is 15.0 Å². The van der Waals surface area contributed by atoms with Gasteiger partial charge in [-0.05, 0) is 58.4 Å². The second-order valence-electron chi connectivity index (χ2n) is 6.69. The van der Waals surface area contributed by atoms with Crippen LogP contribution in [0.5, 0.6) is 0 Å². The Bertz CT molecular complexity index is 866. The first kappa shape index (κ1) is 20.6. The van der Waals surface area contributed by atoms with Crippen LogP contribution in [0.3, 0.4) is 0 Å². The molecule has 7 heteroatoms. The molecule has 1 aromatic carbocycles. The summed E-state index contributed by atoms with van der Waals surface area (Å²) < 4.78 is 0. The third-order valence-electron chi connectivity index (χ3n) is 3.44. The topological polar surface area (TPSA) is 79.8 Å². The van der Waals surface area contributed by atoms with E-state index in [0.29, 0.717) is 16.8 Å². The first-order valence-electron chi connectivity index (χ1n) is 8.62. The van der Waals surface area contributed by atoms with Crippen molar-refractivity contribution in [3.8, 4) is 0 Å². The van der Waals surface area contributed by atoms with E-state index in [1.54, 1.807) is 0 Å². The minimum absolute atomic E-state index is 0.0504. The van der Waals surface area contributed by atoms with Crippen LogP contribution in [0, 0.1) is 0 Å². The number of hydrogen-bond donors (Lipinski definition) is 2. The van der Waals surface area contributed by atoms with Gasteiger partial charge in [0.15, 0.2) is 5.82 Å². The smallest absolute Gasteiger partial charge is 0.250 e. The lowest BCUT2D eigenvalue weighted by molar-refractivity contribution is -0.112. The summed E-state index contributed by atoms with van der Waals surface area (Å²) in [6, 6.07) is 7.50. The second-order valence-corrected chi connectivity index (χ2v) is 7.13. The van der Waals surface area contributed by atoms with E-state index >= 15 is 0 Å². The molecule has 6 nitrogen and oxygen atoms in total. The molecular formula is C20H24ClN5O. The summed E-state index contributed by atoms with van der Waals surface area (Å²) in [5, 5.41) is 6.61. The van der Waals surface area contributed by atoms with Gasteiger partial charge >= 0.3 is 0 Å². The second kappa shape index (κ2) is 9.28. The van der Waals surface area contributed by atoms with Crippen LogP contribution in [0.1, 0.15) is 52.0 Å². The normalized spacial score (nSPS) is 11.3. The zero-order chi connectivity index (χ0) is 20.0.